The Bertz CT molecular complexity index is 246. The molecule has 0 aliphatic heterocycles. The van der Waals surface area contributed by atoms with E-state index in [9.17, 15) is 8.42 Å². The first-order chi connectivity index (χ1) is 5.62. The molecule has 0 fully saturated rings. The second-order valence-electron chi connectivity index (χ2n) is 4.09. The van der Waals surface area contributed by atoms with E-state index in [1.807, 2.05) is 0 Å². The van der Waals surface area contributed by atoms with Crippen molar-refractivity contribution in [3.05, 3.63) is 0 Å². The molecule has 0 aliphatic rings. The van der Waals surface area contributed by atoms with Gasteiger partial charge in [-0.2, -0.15) is 13.1 Å². The summed E-state index contributed by atoms with van der Waals surface area (Å²) in [5.74, 6) is 0. The quantitative estimate of drug-likeness (QED) is 0.637. The second-order valence-corrected chi connectivity index (χ2v) is 5.62. The molecule has 0 saturated heterocycles. The lowest BCUT2D eigenvalue weighted by atomic mass is 10.1. The van der Waals surface area contributed by atoms with E-state index in [2.05, 4.69) is 9.44 Å². The molecule has 88 valence electrons. The fourth-order valence-electron chi connectivity index (χ4n) is 0.633. The molecule has 0 aromatic carbocycles. The van der Waals surface area contributed by atoms with Crippen LogP contribution in [0.3, 0.4) is 0 Å². The van der Waals surface area contributed by atoms with E-state index in [0.29, 0.717) is 0 Å². The number of nitrogens with two attached hydrogens (primary N) is 1. The second kappa shape index (κ2) is 5.87. The number of hydrogen-bond acceptors (Lipinski definition) is 3. The molecule has 14 heavy (non-hydrogen) atoms. The van der Waals surface area contributed by atoms with Crippen LogP contribution in [0.15, 0.2) is 0 Å². The Labute approximate surface area is 92.4 Å². The van der Waals surface area contributed by atoms with Crippen LogP contribution in [0.25, 0.3) is 0 Å². The van der Waals surface area contributed by atoms with Crippen LogP contribution in [-0.4, -0.2) is 26.5 Å². The van der Waals surface area contributed by atoms with Crippen molar-refractivity contribution in [2.75, 3.05) is 6.54 Å². The molecule has 0 radical (unpaired) electrons. The molecule has 0 unspecified atom stereocenters. The Morgan fingerprint density at radius 1 is 1.36 bits per heavy atom. The van der Waals surface area contributed by atoms with Crippen LogP contribution in [0.5, 0.6) is 0 Å². The van der Waals surface area contributed by atoms with Gasteiger partial charge in [-0.25, -0.2) is 4.72 Å². The van der Waals surface area contributed by atoms with E-state index in [1.165, 1.54) is 0 Å². The zero-order valence-electron chi connectivity index (χ0n) is 8.99. The summed E-state index contributed by atoms with van der Waals surface area (Å²) in [7, 11) is -3.39. The summed E-state index contributed by atoms with van der Waals surface area (Å²) in [6, 6.07) is -0.113. The van der Waals surface area contributed by atoms with Crippen molar-refractivity contribution in [3.8, 4) is 0 Å². The molecule has 4 N–H and O–H groups in total. The molecule has 0 heterocycles. The minimum absolute atomic E-state index is 0. The molecule has 0 amide bonds. The lowest BCUT2D eigenvalue weighted by molar-refractivity contribution is 0.490. The van der Waals surface area contributed by atoms with E-state index >= 15 is 0 Å². The number of hydrogen-bond donors (Lipinski definition) is 3. The summed E-state index contributed by atoms with van der Waals surface area (Å²) in [6.45, 7) is 7.24. The van der Waals surface area contributed by atoms with Gasteiger partial charge in [-0.15, -0.1) is 12.4 Å². The topological polar surface area (TPSA) is 84.2 Å². The Morgan fingerprint density at radius 3 is 2.07 bits per heavy atom. The molecule has 0 aromatic rings. The van der Waals surface area contributed by atoms with Gasteiger partial charge in [-0.05, 0) is 27.7 Å². The van der Waals surface area contributed by atoms with Gasteiger partial charge in [0.25, 0.3) is 10.2 Å². The van der Waals surface area contributed by atoms with Crippen molar-refractivity contribution in [1.82, 2.24) is 9.44 Å². The van der Waals surface area contributed by atoms with Crippen molar-refractivity contribution in [3.63, 3.8) is 0 Å². The van der Waals surface area contributed by atoms with Crippen LogP contribution in [0.4, 0.5) is 0 Å². The van der Waals surface area contributed by atoms with Crippen molar-refractivity contribution in [2.24, 2.45) is 5.73 Å². The predicted molar refractivity (Wildman–Crippen MR) is 60.7 cm³/mol. The molecule has 0 rings (SSSR count). The molecular formula is C7H20ClN3O2S. The monoisotopic (exact) mass is 245 g/mol. The van der Waals surface area contributed by atoms with Gasteiger partial charge in [-0.3, -0.25) is 0 Å². The summed E-state index contributed by atoms with van der Waals surface area (Å²) in [4.78, 5) is 0. The normalized spacial score (nSPS) is 12.7. The lowest BCUT2D eigenvalue weighted by Gasteiger charge is -2.19. The fraction of sp³-hybridized carbons (Fsp3) is 1.00. The van der Waals surface area contributed by atoms with E-state index < -0.39 is 15.7 Å². The van der Waals surface area contributed by atoms with Crippen LogP contribution in [0.2, 0.25) is 0 Å². The van der Waals surface area contributed by atoms with Crippen molar-refractivity contribution in [1.29, 1.82) is 0 Å². The maximum atomic E-state index is 11.2. The maximum Gasteiger partial charge on any atom is 0.277 e. The summed E-state index contributed by atoms with van der Waals surface area (Å²) in [5, 5.41) is 0. The Kier molecular flexibility index (Phi) is 6.94. The van der Waals surface area contributed by atoms with E-state index in [0.717, 1.165) is 0 Å². The molecule has 0 atom stereocenters. The predicted octanol–water partition coefficient (Wildman–Crippen LogP) is -0.0221. The van der Waals surface area contributed by atoms with Gasteiger partial charge in [0.05, 0.1) is 0 Å². The van der Waals surface area contributed by atoms with Gasteiger partial charge in [-0.1, -0.05) is 0 Å². The highest BCUT2D eigenvalue weighted by Gasteiger charge is 2.16. The minimum atomic E-state index is -3.39. The summed E-state index contributed by atoms with van der Waals surface area (Å²) in [6.07, 6.45) is 0. The van der Waals surface area contributed by atoms with E-state index in [4.69, 9.17) is 5.73 Å². The van der Waals surface area contributed by atoms with Crippen LogP contribution >= 0.6 is 12.4 Å². The van der Waals surface area contributed by atoms with Gasteiger partial charge in [0.15, 0.2) is 0 Å². The summed E-state index contributed by atoms with van der Waals surface area (Å²) in [5.41, 5.74) is 5.08. The largest absolute Gasteiger partial charge is 0.324 e. The lowest BCUT2D eigenvalue weighted by Crippen LogP contribution is -2.49. The van der Waals surface area contributed by atoms with Gasteiger partial charge in [0.1, 0.15) is 0 Å². The average molecular weight is 246 g/mol. The number of halogens is 1. The number of nitrogens with one attached hydrogen (secondary N) is 2. The minimum Gasteiger partial charge on any atom is -0.324 e. The summed E-state index contributed by atoms with van der Waals surface area (Å²) >= 11 is 0. The van der Waals surface area contributed by atoms with Crippen molar-refractivity contribution < 1.29 is 8.42 Å². The van der Waals surface area contributed by atoms with Gasteiger partial charge >= 0.3 is 0 Å². The smallest absolute Gasteiger partial charge is 0.277 e. The van der Waals surface area contributed by atoms with Crippen molar-refractivity contribution in [2.45, 2.75) is 39.3 Å². The van der Waals surface area contributed by atoms with Crippen LogP contribution < -0.4 is 15.2 Å². The van der Waals surface area contributed by atoms with Gasteiger partial charge < -0.3 is 5.73 Å². The molecule has 5 nitrogen and oxygen atoms in total. The first kappa shape index (κ1) is 16.5. The SMILES string of the molecule is CC(C)NS(=O)(=O)NCC(C)(C)N.Cl. The third-order valence-electron chi connectivity index (χ3n) is 1.11. The zero-order chi connectivity index (χ0) is 10.7. The van der Waals surface area contributed by atoms with E-state index in [-0.39, 0.29) is 25.0 Å². The van der Waals surface area contributed by atoms with Crippen molar-refractivity contribution >= 4 is 22.6 Å². The van der Waals surface area contributed by atoms with E-state index in [1.54, 1.807) is 27.7 Å². The third-order valence-corrected chi connectivity index (χ3v) is 2.41. The zero-order valence-corrected chi connectivity index (χ0v) is 10.6. The number of rotatable bonds is 5. The van der Waals surface area contributed by atoms with Gasteiger partial charge in [0, 0.05) is 18.1 Å². The molecule has 0 spiro atoms. The molecule has 0 aromatic heterocycles. The highest BCUT2D eigenvalue weighted by atomic mass is 35.5. The molecule has 0 saturated carbocycles. The standard InChI is InChI=1S/C7H19N3O2S.ClH/c1-6(2)10-13(11,12)9-5-7(3,4)8;/h6,9-10H,5,8H2,1-4H3;1H. The van der Waals surface area contributed by atoms with Crippen LogP contribution in [0, 0.1) is 0 Å². The first-order valence-corrected chi connectivity index (χ1v) is 5.66. The average Bonchev–Trinajstić information content (AvgIpc) is 1.79. The fourth-order valence-corrected chi connectivity index (χ4v) is 1.90. The highest BCUT2D eigenvalue weighted by molar-refractivity contribution is 7.87. The maximum absolute atomic E-state index is 11.2. The molecule has 0 bridgehead atoms. The Hall–Kier alpha value is 0.120. The highest BCUT2D eigenvalue weighted by Crippen LogP contribution is 1.94. The third kappa shape index (κ3) is 10.2. The first-order valence-electron chi connectivity index (χ1n) is 4.18. The van der Waals surface area contributed by atoms with Crippen LogP contribution in [0.1, 0.15) is 27.7 Å². The molecule has 0 aliphatic carbocycles. The van der Waals surface area contributed by atoms with Crippen LogP contribution in [-0.2, 0) is 10.2 Å². The van der Waals surface area contributed by atoms with Gasteiger partial charge in [0.2, 0.25) is 0 Å². The Morgan fingerprint density at radius 2 is 1.79 bits per heavy atom. The molecular weight excluding hydrogens is 226 g/mol. The molecule has 7 heteroatoms. The summed E-state index contributed by atoms with van der Waals surface area (Å²) < 4.78 is 27.2. The Balaban J connectivity index is 0.